The number of benzene rings is 1. The van der Waals surface area contributed by atoms with Gasteiger partial charge in [0.1, 0.15) is 5.75 Å². The quantitative estimate of drug-likeness (QED) is 0.535. The third-order valence-corrected chi connectivity index (χ3v) is 2.47. The van der Waals surface area contributed by atoms with Crippen LogP contribution in [-0.2, 0) is 9.53 Å². The predicted molar refractivity (Wildman–Crippen MR) is 73.0 cm³/mol. The minimum Gasteiger partial charge on any atom is -0.480 e. The SMILES string of the molecule is C=CCOCC(NC(=O)c1ccccc1OC(F)F)C(=O)O. The van der Waals surface area contributed by atoms with Crippen molar-refractivity contribution in [3.63, 3.8) is 0 Å². The summed E-state index contributed by atoms with van der Waals surface area (Å²) in [6, 6.07) is 3.96. The maximum atomic E-state index is 12.3. The summed E-state index contributed by atoms with van der Waals surface area (Å²) in [5.41, 5.74) is -0.197. The van der Waals surface area contributed by atoms with E-state index in [1.54, 1.807) is 0 Å². The Morgan fingerprint density at radius 3 is 2.64 bits per heavy atom. The number of carboxylic acids is 1. The molecule has 2 N–H and O–H groups in total. The van der Waals surface area contributed by atoms with Gasteiger partial charge in [-0.25, -0.2) is 4.79 Å². The van der Waals surface area contributed by atoms with Gasteiger partial charge < -0.3 is 19.9 Å². The number of para-hydroxylation sites is 1. The minimum atomic E-state index is -3.10. The summed E-state index contributed by atoms with van der Waals surface area (Å²) in [5, 5.41) is 11.2. The van der Waals surface area contributed by atoms with Crippen molar-refractivity contribution in [3.8, 4) is 5.75 Å². The molecule has 0 aliphatic rings. The Labute approximate surface area is 125 Å². The molecule has 1 aromatic carbocycles. The van der Waals surface area contributed by atoms with E-state index in [-0.39, 0.29) is 24.5 Å². The lowest BCUT2D eigenvalue weighted by Crippen LogP contribution is -2.44. The fraction of sp³-hybridized carbons (Fsp3) is 0.286. The summed E-state index contributed by atoms with van der Waals surface area (Å²) in [7, 11) is 0. The molecule has 0 saturated heterocycles. The van der Waals surface area contributed by atoms with Gasteiger partial charge in [0.2, 0.25) is 0 Å². The molecule has 6 nitrogen and oxygen atoms in total. The van der Waals surface area contributed by atoms with Crippen molar-refractivity contribution in [3.05, 3.63) is 42.5 Å². The van der Waals surface area contributed by atoms with Gasteiger partial charge >= 0.3 is 12.6 Å². The zero-order valence-corrected chi connectivity index (χ0v) is 11.5. The molecule has 120 valence electrons. The second kappa shape index (κ2) is 8.73. The predicted octanol–water partition coefficient (Wildman–Crippen LogP) is 1.67. The molecular formula is C14H15F2NO5. The summed E-state index contributed by atoms with van der Waals surface area (Å²) in [4.78, 5) is 23.1. The monoisotopic (exact) mass is 315 g/mol. The molecule has 1 aromatic rings. The highest BCUT2D eigenvalue weighted by Crippen LogP contribution is 2.20. The van der Waals surface area contributed by atoms with Crippen molar-refractivity contribution in [2.75, 3.05) is 13.2 Å². The molecule has 0 spiro atoms. The Kier molecular flexibility index (Phi) is 6.97. The summed E-state index contributed by atoms with van der Waals surface area (Å²) >= 11 is 0. The highest BCUT2D eigenvalue weighted by molar-refractivity contribution is 5.98. The van der Waals surface area contributed by atoms with E-state index in [4.69, 9.17) is 9.84 Å². The molecule has 0 aliphatic carbocycles. The number of ether oxygens (including phenoxy) is 2. The molecule has 0 fully saturated rings. The molecule has 1 unspecified atom stereocenters. The Hall–Kier alpha value is -2.48. The lowest BCUT2D eigenvalue weighted by atomic mass is 10.1. The van der Waals surface area contributed by atoms with Gasteiger partial charge in [-0.15, -0.1) is 6.58 Å². The number of hydrogen-bond acceptors (Lipinski definition) is 4. The zero-order valence-electron chi connectivity index (χ0n) is 11.5. The molecule has 0 radical (unpaired) electrons. The Morgan fingerprint density at radius 1 is 1.36 bits per heavy atom. The van der Waals surface area contributed by atoms with Crippen molar-refractivity contribution in [1.29, 1.82) is 0 Å². The van der Waals surface area contributed by atoms with Crippen LogP contribution in [0.15, 0.2) is 36.9 Å². The molecule has 0 bridgehead atoms. The zero-order chi connectivity index (χ0) is 16.5. The maximum absolute atomic E-state index is 12.3. The van der Waals surface area contributed by atoms with E-state index in [0.29, 0.717) is 0 Å². The highest BCUT2D eigenvalue weighted by Gasteiger charge is 2.23. The number of aliphatic carboxylic acids is 1. The van der Waals surface area contributed by atoms with Crippen LogP contribution in [0.2, 0.25) is 0 Å². The summed E-state index contributed by atoms with van der Waals surface area (Å²) in [6.07, 6.45) is 1.42. The van der Waals surface area contributed by atoms with Crippen molar-refractivity contribution >= 4 is 11.9 Å². The van der Waals surface area contributed by atoms with Gasteiger partial charge in [0.15, 0.2) is 6.04 Å². The largest absolute Gasteiger partial charge is 0.480 e. The first-order valence-electron chi connectivity index (χ1n) is 6.21. The smallest absolute Gasteiger partial charge is 0.387 e. The number of carbonyl (C=O) groups excluding carboxylic acids is 1. The van der Waals surface area contributed by atoms with Gasteiger partial charge in [0.05, 0.1) is 18.8 Å². The summed E-state index contributed by atoms with van der Waals surface area (Å²) in [5.74, 6) is -2.51. The number of nitrogens with one attached hydrogen (secondary N) is 1. The lowest BCUT2D eigenvalue weighted by molar-refractivity contribution is -0.140. The standard InChI is InChI=1S/C14H15F2NO5/c1-2-7-21-8-10(13(19)20)17-12(18)9-5-3-4-6-11(9)22-14(15)16/h2-6,10,14H,1,7-8H2,(H,17,18)(H,19,20). The van der Waals surface area contributed by atoms with Crippen molar-refractivity contribution < 1.29 is 33.0 Å². The number of carbonyl (C=O) groups is 2. The van der Waals surface area contributed by atoms with Crippen LogP contribution >= 0.6 is 0 Å². The average Bonchev–Trinajstić information content (AvgIpc) is 2.46. The van der Waals surface area contributed by atoms with Crippen LogP contribution < -0.4 is 10.1 Å². The van der Waals surface area contributed by atoms with Crippen LogP contribution in [0.5, 0.6) is 5.75 Å². The second-order valence-electron chi connectivity index (χ2n) is 4.07. The van der Waals surface area contributed by atoms with Crippen LogP contribution in [0.1, 0.15) is 10.4 Å². The first-order chi connectivity index (χ1) is 10.5. The van der Waals surface area contributed by atoms with E-state index in [2.05, 4.69) is 16.6 Å². The van der Waals surface area contributed by atoms with Crippen LogP contribution in [0.3, 0.4) is 0 Å². The molecule has 1 rings (SSSR count). The van der Waals surface area contributed by atoms with E-state index in [1.165, 1.54) is 30.3 Å². The van der Waals surface area contributed by atoms with Crippen molar-refractivity contribution in [2.24, 2.45) is 0 Å². The maximum Gasteiger partial charge on any atom is 0.387 e. The van der Waals surface area contributed by atoms with E-state index >= 15 is 0 Å². The molecule has 1 amide bonds. The number of hydrogen-bond donors (Lipinski definition) is 2. The third kappa shape index (κ3) is 5.49. The fourth-order valence-corrected chi connectivity index (χ4v) is 1.53. The molecule has 8 heteroatoms. The number of carboxylic acid groups (broad SMARTS) is 1. The summed E-state index contributed by atoms with van der Waals surface area (Å²) in [6.45, 7) is 0.135. The van der Waals surface area contributed by atoms with E-state index in [1.807, 2.05) is 0 Å². The van der Waals surface area contributed by atoms with Crippen LogP contribution in [0.25, 0.3) is 0 Å². The number of alkyl halides is 2. The first kappa shape index (κ1) is 17.6. The van der Waals surface area contributed by atoms with Gasteiger partial charge in [0, 0.05) is 0 Å². The van der Waals surface area contributed by atoms with Crippen LogP contribution in [0, 0.1) is 0 Å². The second-order valence-corrected chi connectivity index (χ2v) is 4.07. The normalized spacial score (nSPS) is 11.8. The van der Waals surface area contributed by atoms with Gasteiger partial charge in [0.25, 0.3) is 5.91 Å². The number of halogens is 2. The van der Waals surface area contributed by atoms with Gasteiger partial charge in [-0.2, -0.15) is 8.78 Å². The Morgan fingerprint density at radius 2 is 2.05 bits per heavy atom. The van der Waals surface area contributed by atoms with Gasteiger partial charge in [-0.1, -0.05) is 18.2 Å². The molecule has 0 aromatic heterocycles. The van der Waals surface area contributed by atoms with Crippen molar-refractivity contribution in [2.45, 2.75) is 12.7 Å². The Balaban J connectivity index is 2.81. The number of amides is 1. The third-order valence-electron chi connectivity index (χ3n) is 2.47. The molecule has 1 atom stereocenters. The van der Waals surface area contributed by atoms with Crippen LogP contribution in [0.4, 0.5) is 8.78 Å². The summed E-state index contributed by atoms with van der Waals surface area (Å²) < 4.78 is 33.8. The van der Waals surface area contributed by atoms with E-state index in [0.717, 1.165) is 0 Å². The minimum absolute atomic E-state index is 0.116. The molecule has 0 saturated carbocycles. The first-order valence-corrected chi connectivity index (χ1v) is 6.21. The number of rotatable bonds is 9. The molecular weight excluding hydrogens is 300 g/mol. The van der Waals surface area contributed by atoms with Crippen molar-refractivity contribution in [1.82, 2.24) is 5.32 Å². The van der Waals surface area contributed by atoms with E-state index in [9.17, 15) is 18.4 Å². The topological polar surface area (TPSA) is 84.9 Å². The molecule has 0 heterocycles. The molecule has 0 aliphatic heterocycles. The molecule has 22 heavy (non-hydrogen) atoms. The lowest BCUT2D eigenvalue weighted by Gasteiger charge is -2.16. The fourth-order valence-electron chi connectivity index (χ4n) is 1.53. The van der Waals surface area contributed by atoms with E-state index < -0.39 is 24.5 Å². The Bertz CT molecular complexity index is 536. The van der Waals surface area contributed by atoms with Crippen LogP contribution in [-0.4, -0.2) is 42.9 Å². The highest BCUT2D eigenvalue weighted by atomic mass is 19.3. The van der Waals surface area contributed by atoms with Gasteiger partial charge in [-0.05, 0) is 12.1 Å². The van der Waals surface area contributed by atoms with Gasteiger partial charge in [-0.3, -0.25) is 4.79 Å². The average molecular weight is 315 g/mol.